The van der Waals surface area contributed by atoms with Gasteiger partial charge in [0.2, 0.25) is 0 Å². The minimum atomic E-state index is -4.33. The van der Waals surface area contributed by atoms with Crippen molar-refractivity contribution in [2.24, 2.45) is 0 Å². The van der Waals surface area contributed by atoms with Gasteiger partial charge in [0.1, 0.15) is 0 Å². The monoisotopic (exact) mass is 195 g/mol. The Kier molecular flexibility index (Phi) is 25.6. The zero-order valence-electron chi connectivity index (χ0n) is 3.83. The van der Waals surface area contributed by atoms with Crippen LogP contribution in [0, 0.1) is 0 Å². The second-order valence-corrected chi connectivity index (χ2v) is 2.45. The van der Waals surface area contributed by atoms with Crippen molar-refractivity contribution >= 4 is 66.3 Å². The number of rotatable bonds is 0. The molecule has 8 heteroatoms. The van der Waals surface area contributed by atoms with Gasteiger partial charge in [-0.1, -0.05) is 0 Å². The summed E-state index contributed by atoms with van der Waals surface area (Å²) in [5.41, 5.74) is 0. The second kappa shape index (κ2) is 9.11. The Bertz CT molecular complexity index is 98.5. The summed E-state index contributed by atoms with van der Waals surface area (Å²) < 4.78 is 26.7. The molecular weight excluding hydrogens is 196 g/mol. The molecule has 0 aromatic heterocycles. The smallest absolute Gasteiger partial charge is 1.00 e. The Balaban J connectivity index is -0.0000000267. The van der Waals surface area contributed by atoms with E-state index in [0.29, 0.717) is 0 Å². The van der Waals surface area contributed by atoms with Crippen LogP contribution >= 0.6 is 0 Å². The fourth-order valence-corrected chi connectivity index (χ4v) is 0. The number of hydrogen-bond acceptors (Lipinski definition) is 4. The first-order valence-electron chi connectivity index (χ1n) is 0.667. The van der Waals surface area contributed by atoms with Crippen LogP contribution in [-0.4, -0.2) is 59.4 Å². The summed E-state index contributed by atoms with van der Waals surface area (Å²) in [4.78, 5) is 0. The van der Waals surface area contributed by atoms with Gasteiger partial charge in [-0.2, -0.15) is 0 Å². The van der Waals surface area contributed by atoms with Crippen LogP contribution in [0.25, 0.3) is 0 Å². The summed E-state index contributed by atoms with van der Waals surface area (Å²) in [6, 6.07) is 0. The molecule has 0 aliphatic rings. The van der Waals surface area contributed by atoms with Crippen molar-refractivity contribution in [3.63, 3.8) is 0 Å². The van der Waals surface area contributed by atoms with Crippen LogP contribution in [0.5, 0.6) is 0 Å². The van der Waals surface area contributed by atoms with Crippen molar-refractivity contribution < 1.29 is 25.7 Å². The van der Waals surface area contributed by atoms with Gasteiger partial charge in [-0.15, -0.1) is 9.05 Å². The van der Waals surface area contributed by atoms with Crippen LogP contribution in [-0.2, 0) is 20.2 Å². The van der Waals surface area contributed by atoms with Crippen molar-refractivity contribution in [3.8, 4) is 0 Å². The largest absolute Gasteiger partial charge is 2.00 e. The van der Waals surface area contributed by atoms with Crippen LogP contribution in [0.1, 0.15) is 0 Å². The first kappa shape index (κ1) is 22.5. The third-order valence-corrected chi connectivity index (χ3v) is 0. The van der Waals surface area contributed by atoms with Gasteiger partial charge in [-0.25, -0.2) is 0 Å². The molecule has 0 saturated heterocycles. The van der Waals surface area contributed by atoms with Crippen LogP contribution in [0.3, 0.4) is 0 Å². The fraction of sp³-hybridized carbons (Fsp3) is 0. The average Bonchev–Trinajstić information content (AvgIpc) is 0.722. The van der Waals surface area contributed by atoms with Crippen molar-refractivity contribution in [2.75, 3.05) is 0 Å². The Hall–Kier alpha value is 2.11. The molecule has 0 N–H and O–H groups in total. The molecule has 0 aromatic carbocycles. The predicted molar refractivity (Wildman–Crippen MR) is 28.6 cm³/mol. The molecule has 0 saturated carbocycles. The van der Waals surface area contributed by atoms with E-state index in [-0.39, 0.29) is 58.5 Å². The molecule has 8 heavy (non-hydrogen) atoms. The summed E-state index contributed by atoms with van der Waals surface area (Å²) in [7, 11) is -4.33. The summed E-state index contributed by atoms with van der Waals surface area (Å²) in [6.07, 6.45) is 0. The first-order valence-corrected chi connectivity index (χ1v) is 3.00. The van der Waals surface area contributed by atoms with Gasteiger partial charge in [0.05, 0.1) is 0 Å². The van der Waals surface area contributed by atoms with Gasteiger partial charge < -0.3 is 21.5 Å². The van der Waals surface area contributed by atoms with Gasteiger partial charge >= 0.3 is 46.1 Å². The van der Waals surface area contributed by atoms with E-state index in [0.717, 1.165) is 0 Å². The third kappa shape index (κ3) is 92.0. The van der Waals surface area contributed by atoms with E-state index >= 15 is 0 Å². The van der Waals surface area contributed by atoms with Crippen LogP contribution in [0.15, 0.2) is 0 Å². The summed E-state index contributed by atoms with van der Waals surface area (Å²) in [5, 5.41) is 0. The second-order valence-electron chi connectivity index (χ2n) is 0.408. The van der Waals surface area contributed by atoms with E-state index < -0.39 is 9.05 Å². The van der Waals surface area contributed by atoms with Crippen molar-refractivity contribution in [3.05, 3.63) is 0 Å². The molecule has 0 fully saturated rings. The van der Waals surface area contributed by atoms with Gasteiger partial charge in [0.15, 0.2) is 0 Å². The van der Waals surface area contributed by atoms with Crippen LogP contribution < -0.4 is 12.4 Å². The van der Waals surface area contributed by atoms with E-state index in [1.54, 1.807) is 0 Å². The fourth-order valence-electron chi connectivity index (χ4n) is 0. The molecule has 0 aromatic rings. The maximum Gasteiger partial charge on any atom is 2.00 e. The number of halogens is 1. The molecular formula is ClMg2O3S2+. The maximum atomic E-state index is 8.89. The molecule has 0 aliphatic heterocycles. The van der Waals surface area contributed by atoms with Gasteiger partial charge in [0.25, 0.3) is 0 Å². The minimum Gasteiger partial charge on any atom is -1.00 e. The van der Waals surface area contributed by atoms with Crippen LogP contribution in [0.4, 0.5) is 0 Å². The zero-order chi connectivity index (χ0) is 4.50. The standard InChI is InChI=1S/ClH.2Mg.H2O3S2/c;;;1-5(2,3)4/h1H;;;(H2,1,2,3,4)/q;2*+2;/p-3. The Morgan fingerprint density at radius 2 is 1.25 bits per heavy atom. The van der Waals surface area contributed by atoms with E-state index in [4.69, 9.17) is 13.3 Å². The summed E-state index contributed by atoms with van der Waals surface area (Å²) >= 11 is 3.24. The van der Waals surface area contributed by atoms with Gasteiger partial charge in [-0.05, 0) is 11.2 Å². The Morgan fingerprint density at radius 3 is 1.25 bits per heavy atom. The average molecular weight is 196 g/mol. The SMILES string of the molecule is O=S([O-])([O-])=S.[Cl-].[Mg+2].[Mg+2]. The Labute approximate surface area is 91.0 Å². The molecule has 0 atom stereocenters. The van der Waals surface area contributed by atoms with Crippen molar-refractivity contribution in [1.29, 1.82) is 0 Å². The molecule has 0 aliphatic carbocycles. The maximum absolute atomic E-state index is 8.89. The number of hydrogen-bond donors (Lipinski definition) is 0. The van der Waals surface area contributed by atoms with E-state index in [1.165, 1.54) is 0 Å². The zero-order valence-corrected chi connectivity index (χ0v) is 9.05. The van der Waals surface area contributed by atoms with Gasteiger partial charge in [0, 0.05) is 0 Å². The van der Waals surface area contributed by atoms with Crippen LogP contribution in [0.2, 0.25) is 0 Å². The predicted octanol–water partition coefficient (Wildman–Crippen LogP) is -4.76. The normalized spacial score (nSPS) is 7.25. The molecule has 0 spiro atoms. The molecule has 3 nitrogen and oxygen atoms in total. The van der Waals surface area contributed by atoms with Crippen molar-refractivity contribution in [1.82, 2.24) is 0 Å². The molecule has 0 radical (unpaired) electrons. The van der Waals surface area contributed by atoms with E-state index in [9.17, 15) is 0 Å². The molecule has 0 bridgehead atoms. The summed E-state index contributed by atoms with van der Waals surface area (Å²) in [6.45, 7) is 0. The molecule has 40 valence electrons. The summed E-state index contributed by atoms with van der Waals surface area (Å²) in [5.74, 6) is 0. The topological polar surface area (TPSA) is 63.2 Å². The molecule has 0 amide bonds. The minimum absolute atomic E-state index is 0. The van der Waals surface area contributed by atoms with Crippen molar-refractivity contribution in [2.45, 2.75) is 0 Å². The van der Waals surface area contributed by atoms with Gasteiger partial charge in [-0.3, -0.25) is 4.21 Å². The molecule has 0 unspecified atom stereocenters. The van der Waals surface area contributed by atoms with E-state index in [1.807, 2.05) is 0 Å². The quantitative estimate of drug-likeness (QED) is 0.365. The van der Waals surface area contributed by atoms with E-state index in [2.05, 4.69) is 11.2 Å². The Morgan fingerprint density at radius 1 is 1.25 bits per heavy atom. The molecule has 0 heterocycles. The third-order valence-electron chi connectivity index (χ3n) is 0. The first-order chi connectivity index (χ1) is 2.00. The molecule has 0 rings (SSSR count).